The number of aromatic nitrogens is 4. The average molecular weight is 267 g/mol. The first-order valence-electron chi connectivity index (χ1n) is 5.92. The molecule has 0 radical (unpaired) electrons. The van der Waals surface area contributed by atoms with Crippen LogP contribution in [0.2, 0.25) is 0 Å². The van der Waals surface area contributed by atoms with Crippen molar-refractivity contribution in [1.82, 2.24) is 19.6 Å². The predicted octanol–water partition coefficient (Wildman–Crippen LogP) is 0.257. The van der Waals surface area contributed by atoms with Crippen molar-refractivity contribution in [2.75, 3.05) is 12.3 Å². The number of hydrogen-bond acceptors (Lipinski definition) is 6. The van der Waals surface area contributed by atoms with Gasteiger partial charge < -0.3 is 15.6 Å². The second kappa shape index (κ2) is 4.10. The summed E-state index contributed by atoms with van der Waals surface area (Å²) in [5.74, 6) is 0.221. The minimum absolute atomic E-state index is 0.127. The van der Waals surface area contributed by atoms with Crippen LogP contribution in [0.3, 0.4) is 0 Å². The zero-order chi connectivity index (χ0) is 13.6. The van der Waals surface area contributed by atoms with Crippen LogP contribution in [0.4, 0.5) is 10.2 Å². The summed E-state index contributed by atoms with van der Waals surface area (Å²) in [7, 11) is 0. The Balaban J connectivity index is 2.07. The molecule has 1 fully saturated rings. The van der Waals surface area contributed by atoms with E-state index in [0.717, 1.165) is 0 Å². The molecule has 1 aliphatic heterocycles. The number of anilines is 1. The van der Waals surface area contributed by atoms with E-state index in [4.69, 9.17) is 15.6 Å². The number of rotatable bonds is 2. The molecule has 0 aromatic carbocycles. The normalized spacial score (nSPS) is 31.1. The lowest BCUT2D eigenvalue weighted by Gasteiger charge is -2.20. The molecule has 2 aromatic rings. The second-order valence-corrected chi connectivity index (χ2v) is 4.87. The van der Waals surface area contributed by atoms with Gasteiger partial charge in [-0.3, -0.25) is 0 Å². The molecular weight excluding hydrogens is 253 g/mol. The highest BCUT2D eigenvalue weighted by Gasteiger charge is 2.47. The number of aliphatic hydroxyl groups is 1. The van der Waals surface area contributed by atoms with E-state index in [1.807, 2.05) is 0 Å². The Morgan fingerprint density at radius 2 is 2.42 bits per heavy atom. The number of nitrogens with zero attached hydrogens (tertiary/aromatic N) is 4. The van der Waals surface area contributed by atoms with Crippen molar-refractivity contribution in [3.8, 4) is 0 Å². The topological polar surface area (TPSA) is 98.6 Å². The van der Waals surface area contributed by atoms with E-state index in [1.54, 1.807) is 0 Å². The highest BCUT2D eigenvalue weighted by molar-refractivity contribution is 5.58. The molecule has 19 heavy (non-hydrogen) atoms. The van der Waals surface area contributed by atoms with Crippen molar-refractivity contribution < 1.29 is 14.2 Å². The van der Waals surface area contributed by atoms with Crippen molar-refractivity contribution in [3.63, 3.8) is 0 Å². The van der Waals surface area contributed by atoms with Gasteiger partial charge in [-0.1, -0.05) is 0 Å². The standard InChI is InChI=1S/C11H14FN5O2/c1-11(12)2-6(4-18)19-8(11)7-3-14-10-9(13)15-5-16-17(7)10/h3,5-6,8,18H,2,4H2,1H3,(H2,13,15,16)/t6-,8-,11+/m0/s1. The number of nitrogen functional groups attached to an aromatic ring is 1. The largest absolute Gasteiger partial charge is 0.394 e. The Morgan fingerprint density at radius 3 is 3.11 bits per heavy atom. The summed E-state index contributed by atoms with van der Waals surface area (Å²) in [6.45, 7) is 1.22. The van der Waals surface area contributed by atoms with Crippen molar-refractivity contribution in [2.24, 2.45) is 0 Å². The molecule has 0 saturated carbocycles. The van der Waals surface area contributed by atoms with Crippen LogP contribution in [0.1, 0.15) is 25.1 Å². The van der Waals surface area contributed by atoms with Gasteiger partial charge in [0.25, 0.3) is 0 Å². The summed E-state index contributed by atoms with van der Waals surface area (Å²) in [5.41, 5.74) is 4.91. The maximum atomic E-state index is 14.6. The van der Waals surface area contributed by atoms with E-state index >= 15 is 0 Å². The van der Waals surface area contributed by atoms with E-state index in [0.29, 0.717) is 11.3 Å². The van der Waals surface area contributed by atoms with Crippen molar-refractivity contribution in [2.45, 2.75) is 31.2 Å². The molecule has 1 aliphatic rings. The first-order chi connectivity index (χ1) is 9.03. The molecule has 3 atom stereocenters. The minimum Gasteiger partial charge on any atom is -0.394 e. The molecule has 0 spiro atoms. The molecule has 3 heterocycles. The maximum Gasteiger partial charge on any atom is 0.196 e. The van der Waals surface area contributed by atoms with E-state index < -0.39 is 17.9 Å². The average Bonchev–Trinajstić information content (AvgIpc) is 2.90. The highest BCUT2D eigenvalue weighted by Crippen LogP contribution is 2.43. The molecule has 0 bridgehead atoms. The van der Waals surface area contributed by atoms with E-state index in [2.05, 4.69) is 15.1 Å². The number of aliphatic hydroxyl groups excluding tert-OH is 1. The third-order valence-electron chi connectivity index (χ3n) is 3.33. The summed E-state index contributed by atoms with van der Waals surface area (Å²) >= 11 is 0. The molecule has 0 unspecified atom stereocenters. The van der Waals surface area contributed by atoms with Crippen LogP contribution in [0.15, 0.2) is 12.5 Å². The van der Waals surface area contributed by atoms with Crippen LogP contribution >= 0.6 is 0 Å². The Labute approximate surface area is 108 Å². The van der Waals surface area contributed by atoms with E-state index in [1.165, 1.54) is 24.0 Å². The van der Waals surface area contributed by atoms with Gasteiger partial charge in [-0.2, -0.15) is 5.10 Å². The van der Waals surface area contributed by atoms with Gasteiger partial charge >= 0.3 is 0 Å². The van der Waals surface area contributed by atoms with Gasteiger partial charge in [0.05, 0.1) is 24.6 Å². The lowest BCUT2D eigenvalue weighted by molar-refractivity contribution is -0.0195. The molecule has 102 valence electrons. The lowest BCUT2D eigenvalue weighted by atomic mass is 9.96. The molecule has 0 aliphatic carbocycles. The molecule has 2 aromatic heterocycles. The van der Waals surface area contributed by atoms with Gasteiger partial charge in [-0.05, 0) is 6.92 Å². The van der Waals surface area contributed by atoms with Gasteiger partial charge in [-0.25, -0.2) is 18.9 Å². The van der Waals surface area contributed by atoms with Crippen molar-refractivity contribution >= 4 is 11.5 Å². The molecule has 3 N–H and O–H groups in total. The zero-order valence-corrected chi connectivity index (χ0v) is 10.3. The fraction of sp³-hybridized carbons (Fsp3) is 0.545. The monoisotopic (exact) mass is 267 g/mol. The number of alkyl halides is 1. The van der Waals surface area contributed by atoms with Gasteiger partial charge in [-0.15, -0.1) is 0 Å². The number of hydrogen-bond donors (Lipinski definition) is 2. The number of halogens is 1. The molecule has 3 rings (SSSR count). The zero-order valence-electron chi connectivity index (χ0n) is 10.3. The Hall–Kier alpha value is -1.80. The molecule has 1 saturated heterocycles. The van der Waals surface area contributed by atoms with E-state index in [9.17, 15) is 4.39 Å². The Kier molecular flexibility index (Phi) is 2.64. The van der Waals surface area contributed by atoms with Crippen LogP contribution in [0.25, 0.3) is 5.65 Å². The number of ether oxygens (including phenoxy) is 1. The number of imidazole rings is 1. The van der Waals surface area contributed by atoms with Crippen LogP contribution < -0.4 is 5.73 Å². The quantitative estimate of drug-likeness (QED) is 0.809. The highest BCUT2D eigenvalue weighted by atomic mass is 19.1. The van der Waals surface area contributed by atoms with Crippen molar-refractivity contribution in [1.29, 1.82) is 0 Å². The van der Waals surface area contributed by atoms with Crippen LogP contribution in [0, 0.1) is 0 Å². The SMILES string of the molecule is C[C@@]1(F)C[C@@H](CO)O[C@H]1c1cnc2c(N)ncnn12. The molecule has 8 heteroatoms. The summed E-state index contributed by atoms with van der Waals surface area (Å²) < 4.78 is 21.5. The smallest absolute Gasteiger partial charge is 0.196 e. The van der Waals surface area contributed by atoms with Gasteiger partial charge in [0.1, 0.15) is 18.1 Å². The van der Waals surface area contributed by atoms with Crippen molar-refractivity contribution in [3.05, 3.63) is 18.2 Å². The Bertz CT molecular complexity index is 614. The van der Waals surface area contributed by atoms with Crippen LogP contribution in [-0.4, -0.2) is 43.1 Å². The molecule has 7 nitrogen and oxygen atoms in total. The number of nitrogens with two attached hydrogens (primary N) is 1. The number of fused-ring (bicyclic) bond motifs is 1. The van der Waals surface area contributed by atoms with Gasteiger partial charge in [0.2, 0.25) is 0 Å². The lowest BCUT2D eigenvalue weighted by Crippen LogP contribution is -2.24. The van der Waals surface area contributed by atoms with E-state index in [-0.39, 0.29) is 18.8 Å². The van der Waals surface area contributed by atoms with Gasteiger partial charge in [0, 0.05) is 6.42 Å². The van der Waals surface area contributed by atoms with Crippen LogP contribution in [0.5, 0.6) is 0 Å². The minimum atomic E-state index is -1.59. The Morgan fingerprint density at radius 1 is 1.63 bits per heavy atom. The summed E-state index contributed by atoms with van der Waals surface area (Å²) in [6, 6.07) is 0. The predicted molar refractivity (Wildman–Crippen MR) is 64.0 cm³/mol. The first-order valence-corrected chi connectivity index (χ1v) is 5.92. The second-order valence-electron chi connectivity index (χ2n) is 4.87. The third-order valence-corrected chi connectivity index (χ3v) is 3.33. The first kappa shape index (κ1) is 12.2. The molecular formula is C11H14FN5O2. The fourth-order valence-electron chi connectivity index (χ4n) is 2.45. The molecule has 0 amide bonds. The van der Waals surface area contributed by atoms with Crippen LogP contribution in [-0.2, 0) is 4.74 Å². The maximum absolute atomic E-state index is 14.6. The third kappa shape index (κ3) is 1.83. The summed E-state index contributed by atoms with van der Waals surface area (Å²) in [4.78, 5) is 7.91. The summed E-state index contributed by atoms with van der Waals surface area (Å²) in [6.07, 6.45) is 1.52. The fourth-order valence-corrected chi connectivity index (χ4v) is 2.45. The van der Waals surface area contributed by atoms with Gasteiger partial charge in [0.15, 0.2) is 11.5 Å². The summed E-state index contributed by atoms with van der Waals surface area (Å²) in [5, 5.41) is 13.1.